The first-order chi connectivity index (χ1) is 12.3. The molecule has 0 aliphatic heterocycles. The van der Waals surface area contributed by atoms with Gasteiger partial charge in [-0.05, 0) is 126 Å². The first kappa shape index (κ1) is 19.2. The van der Waals surface area contributed by atoms with Crippen molar-refractivity contribution in [1.29, 1.82) is 0 Å². The van der Waals surface area contributed by atoms with Gasteiger partial charge in [0.1, 0.15) is 0 Å². The van der Waals surface area contributed by atoms with Gasteiger partial charge in [0, 0.05) is 12.1 Å². The van der Waals surface area contributed by atoms with Crippen LogP contribution >= 0.6 is 0 Å². The predicted molar refractivity (Wildman–Crippen MR) is 111 cm³/mol. The van der Waals surface area contributed by atoms with Gasteiger partial charge in [0.25, 0.3) is 0 Å². The van der Waals surface area contributed by atoms with Gasteiger partial charge in [-0.15, -0.1) is 0 Å². The summed E-state index contributed by atoms with van der Waals surface area (Å²) >= 11 is 0. The molecular formula is C24H44N2. The van der Waals surface area contributed by atoms with Crippen molar-refractivity contribution in [3.8, 4) is 0 Å². The van der Waals surface area contributed by atoms with Crippen LogP contribution in [0.1, 0.15) is 78.6 Å². The summed E-state index contributed by atoms with van der Waals surface area (Å²) in [4.78, 5) is 2.49. The highest BCUT2D eigenvalue weighted by atomic mass is 15.1. The largest absolute Gasteiger partial charge is 0.317 e. The molecule has 150 valence electrons. The van der Waals surface area contributed by atoms with Crippen molar-refractivity contribution in [3.63, 3.8) is 0 Å². The molecule has 0 bridgehead atoms. The molecule has 0 radical (unpaired) electrons. The molecule has 0 amide bonds. The first-order valence-electron chi connectivity index (χ1n) is 11.6. The minimum Gasteiger partial charge on any atom is -0.317 e. The van der Waals surface area contributed by atoms with Crippen LogP contribution in [0.25, 0.3) is 0 Å². The van der Waals surface area contributed by atoms with Crippen LogP contribution in [0.4, 0.5) is 0 Å². The highest BCUT2D eigenvalue weighted by molar-refractivity contribution is 5.10. The lowest BCUT2D eigenvalue weighted by atomic mass is 9.44. The summed E-state index contributed by atoms with van der Waals surface area (Å²) in [7, 11) is 6.76. The van der Waals surface area contributed by atoms with Crippen molar-refractivity contribution in [3.05, 3.63) is 0 Å². The van der Waals surface area contributed by atoms with Crippen LogP contribution in [-0.4, -0.2) is 38.1 Å². The van der Waals surface area contributed by atoms with Gasteiger partial charge in [0.05, 0.1) is 0 Å². The molecule has 4 aliphatic rings. The zero-order valence-electron chi connectivity index (χ0n) is 18.4. The van der Waals surface area contributed by atoms with E-state index in [-0.39, 0.29) is 0 Å². The normalized spacial score (nSPS) is 52.3. The van der Waals surface area contributed by atoms with Crippen molar-refractivity contribution < 1.29 is 0 Å². The van der Waals surface area contributed by atoms with Gasteiger partial charge in [0.15, 0.2) is 0 Å². The first-order valence-corrected chi connectivity index (χ1v) is 11.6. The van der Waals surface area contributed by atoms with E-state index in [9.17, 15) is 0 Å². The Morgan fingerprint density at radius 3 is 2.27 bits per heavy atom. The standard InChI is InChI=1S/C24H44N2/c1-16(26(5)6)20-9-10-21-19-8-7-17-15-18(25-4)11-13-23(17,2)22(19)12-14-24(20,21)3/h16-22,25H,7-15H2,1-6H3/t16-,17-,18-,19-,20+,21-,22+,23-,24+/m0/s1. The molecule has 2 heteroatoms. The Labute approximate surface area is 162 Å². The fourth-order valence-corrected chi connectivity index (χ4v) is 8.71. The monoisotopic (exact) mass is 360 g/mol. The fourth-order valence-electron chi connectivity index (χ4n) is 8.71. The van der Waals surface area contributed by atoms with Gasteiger partial charge in [-0.25, -0.2) is 0 Å². The zero-order chi connectivity index (χ0) is 18.7. The molecule has 0 spiro atoms. The van der Waals surface area contributed by atoms with Crippen LogP contribution in [0.15, 0.2) is 0 Å². The highest BCUT2D eigenvalue weighted by Crippen LogP contribution is 2.67. The molecule has 0 heterocycles. The second kappa shape index (κ2) is 6.76. The van der Waals surface area contributed by atoms with E-state index in [1.165, 1.54) is 57.8 Å². The fraction of sp³-hybridized carbons (Fsp3) is 1.00. The van der Waals surface area contributed by atoms with E-state index in [0.717, 1.165) is 41.7 Å². The van der Waals surface area contributed by atoms with E-state index in [1.54, 1.807) is 0 Å². The summed E-state index contributed by atoms with van der Waals surface area (Å²) in [5.41, 5.74) is 1.25. The van der Waals surface area contributed by atoms with Crippen LogP contribution < -0.4 is 5.32 Å². The maximum absolute atomic E-state index is 3.59. The average Bonchev–Trinajstić information content (AvgIpc) is 2.97. The molecular weight excluding hydrogens is 316 g/mol. The minimum absolute atomic E-state index is 0.607. The van der Waals surface area contributed by atoms with Gasteiger partial charge in [-0.1, -0.05) is 13.8 Å². The Balaban J connectivity index is 1.56. The molecule has 0 unspecified atom stereocenters. The Morgan fingerprint density at radius 1 is 0.885 bits per heavy atom. The van der Waals surface area contributed by atoms with Crippen molar-refractivity contribution in [2.75, 3.05) is 21.1 Å². The predicted octanol–water partition coefficient (Wildman–Crippen LogP) is 5.18. The molecule has 4 rings (SSSR count). The summed E-state index contributed by atoms with van der Waals surface area (Å²) in [6, 6.07) is 1.52. The molecule has 4 fully saturated rings. The topological polar surface area (TPSA) is 15.3 Å². The molecule has 1 N–H and O–H groups in total. The Morgan fingerprint density at radius 2 is 1.58 bits per heavy atom. The van der Waals surface area contributed by atoms with Crippen LogP contribution in [0.5, 0.6) is 0 Å². The molecule has 9 atom stereocenters. The third-order valence-electron chi connectivity index (χ3n) is 10.5. The van der Waals surface area contributed by atoms with Crippen molar-refractivity contribution in [2.45, 2.75) is 90.6 Å². The van der Waals surface area contributed by atoms with Crippen LogP contribution in [0.2, 0.25) is 0 Å². The van der Waals surface area contributed by atoms with Crippen molar-refractivity contribution in [2.24, 2.45) is 40.4 Å². The van der Waals surface area contributed by atoms with Gasteiger partial charge in [0.2, 0.25) is 0 Å². The third-order valence-corrected chi connectivity index (χ3v) is 10.5. The highest BCUT2D eigenvalue weighted by Gasteiger charge is 2.60. The van der Waals surface area contributed by atoms with Crippen molar-refractivity contribution >= 4 is 0 Å². The van der Waals surface area contributed by atoms with Crippen molar-refractivity contribution in [1.82, 2.24) is 10.2 Å². The van der Waals surface area contributed by atoms with E-state index in [1.807, 2.05) is 0 Å². The van der Waals surface area contributed by atoms with E-state index >= 15 is 0 Å². The third kappa shape index (κ3) is 2.72. The lowest BCUT2D eigenvalue weighted by Gasteiger charge is -2.61. The van der Waals surface area contributed by atoms with Gasteiger partial charge in [-0.2, -0.15) is 0 Å². The molecule has 2 nitrogen and oxygen atoms in total. The summed E-state index contributed by atoms with van der Waals surface area (Å²) in [5.74, 6) is 4.95. The van der Waals surface area contributed by atoms with E-state index in [4.69, 9.17) is 0 Å². The smallest absolute Gasteiger partial charge is 0.00944 e. The molecule has 4 aliphatic carbocycles. The van der Waals surface area contributed by atoms with Crippen LogP contribution in [0.3, 0.4) is 0 Å². The number of nitrogens with zero attached hydrogens (tertiary/aromatic N) is 1. The molecule has 0 aromatic rings. The summed E-state index contributed by atoms with van der Waals surface area (Å²) < 4.78 is 0. The molecule has 0 saturated heterocycles. The molecule has 4 saturated carbocycles. The zero-order valence-corrected chi connectivity index (χ0v) is 18.4. The van der Waals surface area contributed by atoms with Gasteiger partial charge < -0.3 is 10.2 Å². The second-order valence-electron chi connectivity index (χ2n) is 11.3. The summed E-state index contributed by atoms with van der Waals surface area (Å²) in [5, 5.41) is 3.59. The minimum atomic E-state index is 0.607. The Kier molecular flexibility index (Phi) is 5.01. The number of nitrogens with one attached hydrogen (secondary N) is 1. The number of rotatable bonds is 3. The lowest BCUT2D eigenvalue weighted by molar-refractivity contribution is -0.118. The number of hydrogen-bond acceptors (Lipinski definition) is 2. The quantitative estimate of drug-likeness (QED) is 0.745. The van der Waals surface area contributed by atoms with Gasteiger partial charge >= 0.3 is 0 Å². The van der Waals surface area contributed by atoms with Gasteiger partial charge in [-0.3, -0.25) is 0 Å². The molecule has 26 heavy (non-hydrogen) atoms. The average molecular weight is 361 g/mol. The number of fused-ring (bicyclic) bond motifs is 5. The second-order valence-corrected chi connectivity index (χ2v) is 11.3. The molecule has 0 aromatic heterocycles. The SMILES string of the molecule is CN[C@H]1CC[C@@]2(C)[C@@H](CC[C@@H]3[C@H]2CC[C@]2(C)[C@@H]([C@H](C)N(C)C)CC[C@@H]32)C1. The maximum Gasteiger partial charge on any atom is 0.00944 e. The Hall–Kier alpha value is -0.0800. The summed E-state index contributed by atoms with van der Waals surface area (Å²) in [6.07, 6.45) is 13.4. The maximum atomic E-state index is 3.59. The Bertz CT molecular complexity index is 516. The lowest BCUT2D eigenvalue weighted by Crippen LogP contribution is -2.55. The van der Waals surface area contributed by atoms with E-state index in [2.05, 4.69) is 52.1 Å². The number of hydrogen-bond donors (Lipinski definition) is 1. The molecule has 0 aromatic carbocycles. The van der Waals surface area contributed by atoms with Crippen LogP contribution in [-0.2, 0) is 0 Å². The summed E-state index contributed by atoms with van der Waals surface area (Å²) in [6.45, 7) is 7.89. The van der Waals surface area contributed by atoms with E-state index < -0.39 is 0 Å². The van der Waals surface area contributed by atoms with Crippen LogP contribution in [0, 0.1) is 40.4 Å². The van der Waals surface area contributed by atoms with E-state index in [0.29, 0.717) is 10.8 Å².